The second-order valence-electron chi connectivity index (χ2n) is 5.56. The standard InChI is InChI=1S/C15H21FN2O/c1-19-14-4-2-3-12(15(14)16)9-17-13-10-18-7-5-11(13)6-8-18/h2-4,11,13,17H,5-10H2,1H3. The van der Waals surface area contributed by atoms with Gasteiger partial charge < -0.3 is 15.0 Å². The number of benzene rings is 1. The highest BCUT2D eigenvalue weighted by Crippen LogP contribution is 2.28. The molecule has 3 heterocycles. The first-order valence-electron chi connectivity index (χ1n) is 7.05. The van der Waals surface area contributed by atoms with Crippen LogP contribution in [0.1, 0.15) is 18.4 Å². The van der Waals surface area contributed by atoms with E-state index in [9.17, 15) is 4.39 Å². The van der Waals surface area contributed by atoms with E-state index in [1.165, 1.54) is 33.0 Å². The molecule has 0 saturated carbocycles. The molecule has 104 valence electrons. The molecule has 4 heteroatoms. The minimum absolute atomic E-state index is 0.237. The summed E-state index contributed by atoms with van der Waals surface area (Å²) in [6, 6.07) is 5.84. The van der Waals surface area contributed by atoms with Crippen molar-refractivity contribution < 1.29 is 9.13 Å². The molecule has 1 N–H and O–H groups in total. The Morgan fingerprint density at radius 2 is 2.16 bits per heavy atom. The van der Waals surface area contributed by atoms with Gasteiger partial charge in [-0.05, 0) is 37.9 Å². The Bertz CT molecular complexity index is 444. The van der Waals surface area contributed by atoms with Gasteiger partial charge in [-0.3, -0.25) is 0 Å². The minimum Gasteiger partial charge on any atom is -0.494 e. The third kappa shape index (κ3) is 2.60. The normalized spacial score (nSPS) is 29.5. The van der Waals surface area contributed by atoms with Crippen LogP contribution in [0.4, 0.5) is 4.39 Å². The summed E-state index contributed by atoms with van der Waals surface area (Å²) < 4.78 is 19.1. The SMILES string of the molecule is COc1cccc(CNC2CN3CCC2CC3)c1F. The third-order valence-corrected chi connectivity index (χ3v) is 4.47. The van der Waals surface area contributed by atoms with Gasteiger partial charge in [0.1, 0.15) is 0 Å². The summed E-state index contributed by atoms with van der Waals surface area (Å²) in [5.74, 6) is 0.852. The molecule has 4 rings (SSSR count). The molecule has 19 heavy (non-hydrogen) atoms. The van der Waals surface area contributed by atoms with Crippen LogP contribution in [-0.2, 0) is 6.54 Å². The maximum atomic E-state index is 14.0. The number of ether oxygens (including phenoxy) is 1. The third-order valence-electron chi connectivity index (χ3n) is 4.47. The van der Waals surface area contributed by atoms with Crippen LogP contribution in [-0.4, -0.2) is 37.7 Å². The number of hydrogen-bond donors (Lipinski definition) is 1. The quantitative estimate of drug-likeness (QED) is 0.900. The smallest absolute Gasteiger partial charge is 0.169 e. The molecule has 1 aromatic carbocycles. The Morgan fingerprint density at radius 1 is 1.37 bits per heavy atom. The van der Waals surface area contributed by atoms with Crippen molar-refractivity contribution in [3.05, 3.63) is 29.6 Å². The number of methoxy groups -OCH3 is 1. The highest BCUT2D eigenvalue weighted by Gasteiger charge is 2.33. The van der Waals surface area contributed by atoms with Gasteiger partial charge in [0.25, 0.3) is 0 Å². The maximum Gasteiger partial charge on any atom is 0.169 e. The summed E-state index contributed by atoms with van der Waals surface area (Å²) in [6.07, 6.45) is 2.55. The fourth-order valence-electron chi connectivity index (χ4n) is 3.29. The van der Waals surface area contributed by atoms with Crippen molar-refractivity contribution in [1.29, 1.82) is 0 Å². The molecule has 1 aromatic rings. The number of nitrogens with one attached hydrogen (secondary N) is 1. The number of hydrogen-bond acceptors (Lipinski definition) is 3. The van der Waals surface area contributed by atoms with E-state index in [-0.39, 0.29) is 5.82 Å². The average Bonchev–Trinajstić information content (AvgIpc) is 2.47. The fraction of sp³-hybridized carbons (Fsp3) is 0.600. The monoisotopic (exact) mass is 264 g/mol. The number of nitrogens with zero attached hydrogens (tertiary/aromatic N) is 1. The lowest BCUT2D eigenvalue weighted by atomic mass is 9.84. The summed E-state index contributed by atoms with van der Waals surface area (Å²) in [6.45, 7) is 4.15. The van der Waals surface area contributed by atoms with Gasteiger partial charge in [0.05, 0.1) is 7.11 Å². The molecule has 1 unspecified atom stereocenters. The lowest BCUT2D eigenvalue weighted by Crippen LogP contribution is -2.55. The van der Waals surface area contributed by atoms with Crippen LogP contribution in [0.3, 0.4) is 0 Å². The maximum absolute atomic E-state index is 14.0. The molecule has 3 aliphatic heterocycles. The first kappa shape index (κ1) is 12.9. The second-order valence-corrected chi connectivity index (χ2v) is 5.56. The Kier molecular flexibility index (Phi) is 3.71. The summed E-state index contributed by atoms with van der Waals surface area (Å²) in [5.41, 5.74) is 0.691. The van der Waals surface area contributed by atoms with Gasteiger partial charge in [-0.1, -0.05) is 12.1 Å². The van der Waals surface area contributed by atoms with E-state index in [2.05, 4.69) is 10.2 Å². The molecule has 3 saturated heterocycles. The summed E-state index contributed by atoms with van der Waals surface area (Å²) in [4.78, 5) is 2.50. The second kappa shape index (κ2) is 5.47. The van der Waals surface area contributed by atoms with Crippen LogP contribution < -0.4 is 10.1 Å². The molecule has 3 fully saturated rings. The van der Waals surface area contributed by atoms with Gasteiger partial charge in [-0.2, -0.15) is 0 Å². The van der Waals surface area contributed by atoms with Crippen molar-refractivity contribution in [2.75, 3.05) is 26.7 Å². The Labute approximate surface area is 113 Å². The van der Waals surface area contributed by atoms with Crippen molar-refractivity contribution in [3.63, 3.8) is 0 Å². The lowest BCUT2D eigenvalue weighted by molar-refractivity contribution is 0.0718. The Morgan fingerprint density at radius 3 is 2.79 bits per heavy atom. The lowest BCUT2D eigenvalue weighted by Gasteiger charge is -2.45. The van der Waals surface area contributed by atoms with Gasteiger partial charge in [0.15, 0.2) is 11.6 Å². The topological polar surface area (TPSA) is 24.5 Å². The predicted octanol–water partition coefficient (Wildman–Crippen LogP) is 2.02. The molecular formula is C15H21FN2O. The molecular weight excluding hydrogens is 243 g/mol. The Balaban J connectivity index is 1.63. The first-order valence-corrected chi connectivity index (χ1v) is 7.05. The number of rotatable bonds is 4. The molecule has 3 nitrogen and oxygen atoms in total. The fourth-order valence-corrected chi connectivity index (χ4v) is 3.29. The van der Waals surface area contributed by atoms with Crippen molar-refractivity contribution in [1.82, 2.24) is 10.2 Å². The van der Waals surface area contributed by atoms with Crippen LogP contribution in [0.5, 0.6) is 5.75 Å². The van der Waals surface area contributed by atoms with E-state index in [1.54, 1.807) is 6.07 Å². The van der Waals surface area contributed by atoms with Crippen LogP contribution in [0.2, 0.25) is 0 Å². The Hall–Kier alpha value is -1.13. The van der Waals surface area contributed by atoms with Crippen molar-refractivity contribution in [2.45, 2.75) is 25.4 Å². The largest absolute Gasteiger partial charge is 0.494 e. The van der Waals surface area contributed by atoms with Gasteiger partial charge in [0.2, 0.25) is 0 Å². The van der Waals surface area contributed by atoms with Crippen LogP contribution in [0, 0.1) is 11.7 Å². The summed E-state index contributed by atoms with van der Waals surface area (Å²) in [5, 5.41) is 3.52. The highest BCUT2D eigenvalue weighted by molar-refractivity contribution is 5.31. The van der Waals surface area contributed by atoms with Crippen molar-refractivity contribution in [3.8, 4) is 5.75 Å². The van der Waals surface area contributed by atoms with Gasteiger partial charge >= 0.3 is 0 Å². The molecule has 2 bridgehead atoms. The average molecular weight is 264 g/mol. The number of piperidine rings is 3. The summed E-state index contributed by atoms with van der Waals surface area (Å²) >= 11 is 0. The predicted molar refractivity (Wildman–Crippen MR) is 72.7 cm³/mol. The van der Waals surface area contributed by atoms with E-state index >= 15 is 0 Å². The highest BCUT2D eigenvalue weighted by atomic mass is 19.1. The zero-order chi connectivity index (χ0) is 13.2. The van der Waals surface area contributed by atoms with Gasteiger partial charge in [-0.25, -0.2) is 4.39 Å². The number of fused-ring (bicyclic) bond motifs is 3. The molecule has 0 spiro atoms. The van der Waals surface area contributed by atoms with Gasteiger partial charge in [-0.15, -0.1) is 0 Å². The van der Waals surface area contributed by atoms with Crippen LogP contribution >= 0.6 is 0 Å². The molecule has 0 aromatic heterocycles. The zero-order valence-electron chi connectivity index (χ0n) is 11.4. The van der Waals surface area contributed by atoms with E-state index in [0.717, 1.165) is 12.5 Å². The van der Waals surface area contributed by atoms with E-state index < -0.39 is 0 Å². The summed E-state index contributed by atoms with van der Waals surface area (Å²) in [7, 11) is 1.50. The molecule has 1 atom stereocenters. The minimum atomic E-state index is -0.237. The molecule has 0 radical (unpaired) electrons. The van der Waals surface area contributed by atoms with E-state index in [4.69, 9.17) is 4.74 Å². The first-order chi connectivity index (χ1) is 9.28. The van der Waals surface area contributed by atoms with E-state index in [1.807, 2.05) is 12.1 Å². The number of halogens is 1. The van der Waals surface area contributed by atoms with Crippen LogP contribution in [0.25, 0.3) is 0 Å². The zero-order valence-corrected chi connectivity index (χ0v) is 11.4. The van der Waals surface area contributed by atoms with Crippen LogP contribution in [0.15, 0.2) is 18.2 Å². The van der Waals surface area contributed by atoms with E-state index in [0.29, 0.717) is 23.9 Å². The molecule has 3 aliphatic rings. The molecule has 0 aliphatic carbocycles. The van der Waals surface area contributed by atoms with Gasteiger partial charge in [0, 0.05) is 24.7 Å². The molecule has 0 amide bonds. The van der Waals surface area contributed by atoms with Crippen molar-refractivity contribution in [2.24, 2.45) is 5.92 Å². The van der Waals surface area contributed by atoms with Crippen molar-refractivity contribution >= 4 is 0 Å².